The zero-order valence-electron chi connectivity index (χ0n) is 17.2. The molecule has 162 valence electrons. The molecule has 2 aromatic heterocycles. The Kier molecular flexibility index (Phi) is 6.38. The van der Waals surface area contributed by atoms with Crippen molar-refractivity contribution < 1.29 is 19.2 Å². The Hall–Kier alpha value is -2.71. The van der Waals surface area contributed by atoms with Gasteiger partial charge in [0.15, 0.2) is 5.78 Å². The first-order valence-electron chi connectivity index (χ1n) is 10.4. The summed E-state index contributed by atoms with van der Waals surface area (Å²) in [6, 6.07) is 8.99. The molecular weight excluding hydrogens is 462 g/mol. The normalized spacial score (nSPS) is 18.7. The van der Waals surface area contributed by atoms with Crippen LogP contribution in [-0.4, -0.2) is 39.6 Å². The number of halogens is 1. The van der Waals surface area contributed by atoms with E-state index >= 15 is 0 Å². The lowest BCUT2D eigenvalue weighted by Gasteiger charge is -2.27. The Bertz CT molecular complexity index is 1090. The maximum atomic E-state index is 13.2. The molecule has 0 radical (unpaired) electrons. The van der Waals surface area contributed by atoms with E-state index in [1.165, 1.54) is 12.3 Å². The highest BCUT2D eigenvalue weighted by Crippen LogP contribution is 2.29. The number of aryl methyl sites for hydroxylation is 1. The van der Waals surface area contributed by atoms with Gasteiger partial charge in [0.25, 0.3) is 5.91 Å². The van der Waals surface area contributed by atoms with Crippen LogP contribution in [0.25, 0.3) is 11.3 Å². The summed E-state index contributed by atoms with van der Waals surface area (Å²) in [7, 11) is 0. The van der Waals surface area contributed by atoms with Crippen molar-refractivity contribution in [2.24, 2.45) is 5.92 Å². The minimum Gasteiger partial charge on any atom is -0.393 e. The highest BCUT2D eigenvalue weighted by Gasteiger charge is 2.26. The first-order valence-corrected chi connectivity index (χ1v) is 11.1. The Morgan fingerprint density at radius 2 is 2.00 bits per heavy atom. The van der Waals surface area contributed by atoms with Gasteiger partial charge in [-0.3, -0.25) is 9.59 Å². The first kappa shape index (κ1) is 21.5. The largest absolute Gasteiger partial charge is 0.393 e. The van der Waals surface area contributed by atoms with E-state index < -0.39 is 0 Å². The number of ketones is 1. The molecule has 0 bridgehead atoms. The Balaban J connectivity index is 1.49. The second-order valence-electron chi connectivity index (χ2n) is 7.92. The van der Waals surface area contributed by atoms with Gasteiger partial charge >= 0.3 is 0 Å². The van der Waals surface area contributed by atoms with Gasteiger partial charge < -0.3 is 19.9 Å². The molecule has 3 N–H and O–H groups in total. The smallest absolute Gasteiger partial charge is 0.267 e. The molecule has 1 fully saturated rings. The molecule has 1 aliphatic carbocycles. The van der Waals surface area contributed by atoms with Gasteiger partial charge in [-0.2, -0.15) is 0 Å². The molecule has 0 unspecified atom stereocenters. The number of carbonyl (C=O) groups is 2. The summed E-state index contributed by atoms with van der Waals surface area (Å²) < 4.78 is 6.22. The second-order valence-corrected chi connectivity index (χ2v) is 8.84. The quantitative estimate of drug-likeness (QED) is 0.452. The third-order valence-electron chi connectivity index (χ3n) is 5.79. The first-order chi connectivity index (χ1) is 14.9. The maximum absolute atomic E-state index is 13.2. The number of aromatic nitrogens is 2. The van der Waals surface area contributed by atoms with Gasteiger partial charge in [0.2, 0.25) is 0 Å². The van der Waals surface area contributed by atoms with Crippen LogP contribution in [0.4, 0.5) is 0 Å². The van der Waals surface area contributed by atoms with Crippen LogP contribution in [0.2, 0.25) is 0 Å². The predicted molar refractivity (Wildman–Crippen MR) is 119 cm³/mol. The van der Waals surface area contributed by atoms with Crippen LogP contribution in [0.5, 0.6) is 0 Å². The van der Waals surface area contributed by atoms with E-state index in [1.807, 2.05) is 24.3 Å². The van der Waals surface area contributed by atoms with Gasteiger partial charge in [-0.25, -0.2) is 0 Å². The fourth-order valence-corrected chi connectivity index (χ4v) is 4.25. The summed E-state index contributed by atoms with van der Waals surface area (Å²) in [5.74, 6) is -0.0787. The van der Waals surface area contributed by atoms with E-state index in [0.717, 1.165) is 35.7 Å². The second kappa shape index (κ2) is 9.20. The summed E-state index contributed by atoms with van der Waals surface area (Å²) >= 11 is 3.40. The zero-order valence-corrected chi connectivity index (χ0v) is 18.7. The average molecular weight is 486 g/mol. The lowest BCUT2D eigenvalue weighted by atomic mass is 9.86. The number of H-pyrrole nitrogens is 1. The van der Waals surface area contributed by atoms with Crippen molar-refractivity contribution in [3.05, 3.63) is 63.6 Å². The predicted octanol–water partition coefficient (Wildman–Crippen LogP) is 4.25. The molecule has 31 heavy (non-hydrogen) atoms. The highest BCUT2D eigenvalue weighted by molar-refractivity contribution is 9.10. The third kappa shape index (κ3) is 4.65. The van der Waals surface area contributed by atoms with Crippen LogP contribution in [0.1, 0.15) is 57.9 Å². The monoisotopic (exact) mass is 485 g/mol. The van der Waals surface area contributed by atoms with Gasteiger partial charge in [-0.1, -0.05) is 46.1 Å². The molecule has 0 saturated heterocycles. The number of aliphatic hydroxyl groups is 1. The van der Waals surface area contributed by atoms with Crippen molar-refractivity contribution in [2.75, 3.05) is 6.54 Å². The van der Waals surface area contributed by atoms with Gasteiger partial charge in [-0.05, 0) is 38.0 Å². The molecule has 1 amide bonds. The molecular formula is C23H24BrN3O4. The summed E-state index contributed by atoms with van der Waals surface area (Å²) in [6.45, 7) is 2.11. The van der Waals surface area contributed by atoms with Crippen LogP contribution < -0.4 is 5.32 Å². The number of aromatic amines is 1. The summed E-state index contributed by atoms with van der Waals surface area (Å²) in [6.07, 6.45) is 4.92. The maximum Gasteiger partial charge on any atom is 0.267 e. The average Bonchev–Trinajstić information content (AvgIpc) is 3.40. The number of nitrogens with zero attached hydrogens (tertiary/aromatic N) is 1. The molecule has 2 heterocycles. The van der Waals surface area contributed by atoms with Gasteiger partial charge in [0.05, 0.1) is 11.7 Å². The Morgan fingerprint density at radius 1 is 1.26 bits per heavy atom. The fraction of sp³-hybridized carbons (Fsp3) is 0.348. The number of carbonyl (C=O) groups excluding carboxylic acids is 2. The standard InChI is InChI=1S/C23H24BrN3O4/c1-13-20(21(27-31-13)14-6-8-17(24)9-7-14)22(29)16-10-18(25-12-16)23(30)26-11-15-4-2-3-5-19(15)28/h6-10,12,15,19,25,28H,2-5,11H2,1H3,(H,26,30)/t15-,19-/m1/s1. The van der Waals surface area contributed by atoms with E-state index in [0.29, 0.717) is 34.8 Å². The fourth-order valence-electron chi connectivity index (χ4n) is 3.99. The van der Waals surface area contributed by atoms with E-state index in [2.05, 4.69) is 31.4 Å². The molecule has 0 spiro atoms. The zero-order chi connectivity index (χ0) is 22.0. The van der Waals surface area contributed by atoms with Crippen molar-refractivity contribution in [1.29, 1.82) is 0 Å². The van der Waals surface area contributed by atoms with E-state index in [9.17, 15) is 14.7 Å². The topological polar surface area (TPSA) is 108 Å². The molecule has 0 aliphatic heterocycles. The summed E-state index contributed by atoms with van der Waals surface area (Å²) in [5.41, 5.74) is 2.26. The number of rotatable bonds is 6. The highest BCUT2D eigenvalue weighted by atomic mass is 79.9. The van der Waals surface area contributed by atoms with E-state index in [4.69, 9.17) is 4.52 Å². The van der Waals surface area contributed by atoms with Gasteiger partial charge in [0.1, 0.15) is 17.1 Å². The van der Waals surface area contributed by atoms with Crippen molar-refractivity contribution in [3.8, 4) is 11.3 Å². The lowest BCUT2D eigenvalue weighted by Crippen LogP contribution is -2.36. The minimum atomic E-state index is -0.372. The van der Waals surface area contributed by atoms with Crippen LogP contribution in [0.15, 0.2) is 45.5 Å². The van der Waals surface area contributed by atoms with Crippen molar-refractivity contribution in [1.82, 2.24) is 15.5 Å². The number of hydrogen-bond donors (Lipinski definition) is 3. The molecule has 1 aliphatic rings. The minimum absolute atomic E-state index is 0.0712. The number of hydrogen-bond acceptors (Lipinski definition) is 5. The number of nitrogens with one attached hydrogen (secondary N) is 2. The Labute approximate surface area is 188 Å². The number of benzene rings is 1. The van der Waals surface area contributed by atoms with E-state index in [-0.39, 0.29) is 23.7 Å². The Morgan fingerprint density at radius 3 is 2.74 bits per heavy atom. The number of aliphatic hydroxyl groups excluding tert-OH is 1. The van der Waals surface area contributed by atoms with Crippen LogP contribution in [0, 0.1) is 12.8 Å². The molecule has 3 aromatic rings. The summed E-state index contributed by atoms with van der Waals surface area (Å²) in [5, 5.41) is 17.0. The van der Waals surface area contributed by atoms with Gasteiger partial charge in [-0.15, -0.1) is 0 Å². The molecule has 7 nitrogen and oxygen atoms in total. The number of amides is 1. The summed E-state index contributed by atoms with van der Waals surface area (Å²) in [4.78, 5) is 28.6. The molecule has 2 atom stereocenters. The van der Waals surface area contributed by atoms with E-state index in [1.54, 1.807) is 6.92 Å². The molecule has 8 heteroatoms. The third-order valence-corrected chi connectivity index (χ3v) is 6.32. The molecule has 4 rings (SSSR count). The van der Waals surface area contributed by atoms with Crippen LogP contribution >= 0.6 is 15.9 Å². The molecule has 1 aromatic carbocycles. The van der Waals surface area contributed by atoms with Crippen molar-refractivity contribution >= 4 is 27.6 Å². The lowest BCUT2D eigenvalue weighted by molar-refractivity contribution is 0.0661. The SMILES string of the molecule is Cc1onc(-c2ccc(Br)cc2)c1C(=O)c1c[nH]c(C(=O)NC[C@H]2CCCC[C@H]2O)c1. The van der Waals surface area contributed by atoms with Crippen molar-refractivity contribution in [3.63, 3.8) is 0 Å². The van der Waals surface area contributed by atoms with Crippen LogP contribution in [-0.2, 0) is 0 Å². The van der Waals surface area contributed by atoms with Gasteiger partial charge in [0, 0.05) is 34.3 Å². The van der Waals surface area contributed by atoms with Crippen molar-refractivity contribution in [2.45, 2.75) is 38.7 Å². The van der Waals surface area contributed by atoms with Crippen LogP contribution in [0.3, 0.4) is 0 Å². The molecule has 1 saturated carbocycles.